The number of hydrogen-bond acceptors (Lipinski definition) is 2. The van der Waals surface area contributed by atoms with Crippen molar-refractivity contribution in [2.45, 2.75) is 12.7 Å². The maximum Gasteiger partial charge on any atom is 0.416 e. The molecule has 0 N–H and O–H groups in total. The van der Waals surface area contributed by atoms with Crippen molar-refractivity contribution in [3.63, 3.8) is 0 Å². The molecule has 0 bridgehead atoms. The van der Waals surface area contributed by atoms with Gasteiger partial charge in [0.1, 0.15) is 0 Å². The third-order valence-electron chi connectivity index (χ3n) is 2.86. The summed E-state index contributed by atoms with van der Waals surface area (Å²) in [6, 6.07) is 6.53. The average molecular weight is 378 g/mol. The topological polar surface area (TPSA) is 20.3 Å². The predicted octanol–water partition coefficient (Wildman–Crippen LogP) is 4.80. The molecule has 7 heteroatoms. The Morgan fingerprint density at radius 3 is 2.38 bits per heavy atom. The third kappa shape index (κ3) is 4.07. The van der Waals surface area contributed by atoms with Gasteiger partial charge in [0.2, 0.25) is 0 Å². The van der Waals surface area contributed by atoms with Crippen LogP contribution in [0.3, 0.4) is 0 Å². The van der Waals surface area contributed by atoms with Gasteiger partial charge in [0.15, 0.2) is 0 Å². The lowest BCUT2D eigenvalue weighted by Gasteiger charge is -2.17. The number of hydrogen-bond donors (Lipinski definition) is 0. The zero-order chi connectivity index (χ0) is 15.6. The van der Waals surface area contributed by atoms with Crippen LogP contribution in [0.1, 0.15) is 21.5 Å². The largest absolute Gasteiger partial charge is 0.416 e. The summed E-state index contributed by atoms with van der Waals surface area (Å²) < 4.78 is 38.3. The number of carbonyl (C=O) groups is 1. The van der Waals surface area contributed by atoms with Gasteiger partial charge in [0.05, 0.1) is 14.9 Å². The van der Waals surface area contributed by atoms with E-state index in [1.165, 1.54) is 28.4 Å². The minimum absolute atomic E-state index is 0.170. The first-order valence-corrected chi connectivity index (χ1v) is 7.60. The van der Waals surface area contributed by atoms with Gasteiger partial charge in [0, 0.05) is 19.0 Å². The first kappa shape index (κ1) is 16.0. The highest BCUT2D eigenvalue weighted by Crippen LogP contribution is 2.29. The van der Waals surface area contributed by atoms with E-state index in [4.69, 9.17) is 0 Å². The van der Waals surface area contributed by atoms with Crippen molar-refractivity contribution in [2.75, 3.05) is 7.05 Å². The summed E-state index contributed by atoms with van der Waals surface area (Å²) in [6.45, 7) is 0.254. The Bertz CT molecular complexity index is 636. The zero-order valence-electron chi connectivity index (χ0n) is 10.9. The summed E-state index contributed by atoms with van der Waals surface area (Å²) in [7, 11) is 1.62. The lowest BCUT2D eigenvalue weighted by molar-refractivity contribution is -0.137. The van der Waals surface area contributed by atoms with E-state index in [1.54, 1.807) is 18.5 Å². The molecule has 1 aromatic heterocycles. The van der Waals surface area contributed by atoms with Crippen molar-refractivity contribution in [3.8, 4) is 0 Å². The Hall–Kier alpha value is -1.34. The van der Waals surface area contributed by atoms with Crippen LogP contribution in [0.2, 0.25) is 0 Å². The van der Waals surface area contributed by atoms with Crippen molar-refractivity contribution in [3.05, 3.63) is 56.2 Å². The molecule has 1 amide bonds. The third-order valence-corrected chi connectivity index (χ3v) is 4.37. The smallest absolute Gasteiger partial charge is 0.337 e. The molecule has 0 radical (unpaired) electrons. The summed E-state index contributed by atoms with van der Waals surface area (Å²) in [5.41, 5.74) is 0.511. The Morgan fingerprint density at radius 2 is 1.90 bits per heavy atom. The Kier molecular flexibility index (Phi) is 4.73. The number of amides is 1. The van der Waals surface area contributed by atoms with E-state index in [9.17, 15) is 18.0 Å². The normalized spacial score (nSPS) is 11.5. The maximum atomic E-state index is 12.5. The van der Waals surface area contributed by atoms with Crippen LogP contribution in [0.5, 0.6) is 0 Å². The van der Waals surface area contributed by atoms with E-state index in [0.717, 1.165) is 15.9 Å². The monoisotopic (exact) mass is 377 g/mol. The lowest BCUT2D eigenvalue weighted by atomic mass is 10.1. The Balaban J connectivity index is 2.06. The molecule has 0 aliphatic rings. The van der Waals surface area contributed by atoms with Gasteiger partial charge < -0.3 is 4.90 Å². The molecule has 2 aromatic rings. The molecule has 0 aliphatic heterocycles. The molecule has 0 spiro atoms. The van der Waals surface area contributed by atoms with E-state index >= 15 is 0 Å². The lowest BCUT2D eigenvalue weighted by Crippen LogP contribution is -2.25. The number of halogens is 4. The van der Waals surface area contributed by atoms with Gasteiger partial charge in [-0.2, -0.15) is 13.2 Å². The van der Waals surface area contributed by atoms with E-state index in [-0.39, 0.29) is 12.5 Å². The van der Waals surface area contributed by atoms with Crippen LogP contribution in [-0.4, -0.2) is 17.9 Å². The van der Waals surface area contributed by atoms with E-state index in [0.29, 0.717) is 11.1 Å². The molecule has 0 aliphatic carbocycles. The van der Waals surface area contributed by atoms with Gasteiger partial charge >= 0.3 is 6.18 Å². The summed E-state index contributed by atoms with van der Waals surface area (Å²) >= 11 is 4.69. The standard InChI is InChI=1S/C14H11BrF3NOS/c1-19(13(20)10-6-12(15)21-8-10)7-9-2-4-11(5-3-9)14(16,17)18/h2-6,8H,7H2,1H3. The number of benzene rings is 1. The van der Waals surface area contributed by atoms with Gasteiger partial charge in [-0.1, -0.05) is 12.1 Å². The van der Waals surface area contributed by atoms with Crippen LogP contribution in [0.15, 0.2) is 39.5 Å². The van der Waals surface area contributed by atoms with E-state index in [1.807, 2.05) is 0 Å². The molecule has 112 valence electrons. The molecule has 0 unspecified atom stereocenters. The number of rotatable bonds is 3. The number of nitrogens with zero attached hydrogens (tertiary/aromatic N) is 1. The molecule has 0 fully saturated rings. The van der Waals surface area contributed by atoms with Gasteiger partial charge in [-0.25, -0.2) is 0 Å². The molecular weight excluding hydrogens is 367 g/mol. The minimum Gasteiger partial charge on any atom is -0.337 e. The molecule has 2 rings (SSSR count). The maximum absolute atomic E-state index is 12.5. The average Bonchev–Trinajstić information content (AvgIpc) is 2.84. The molecular formula is C14H11BrF3NOS. The molecule has 2 nitrogen and oxygen atoms in total. The van der Waals surface area contributed by atoms with Gasteiger partial charge in [-0.05, 0) is 39.7 Å². The second-order valence-electron chi connectivity index (χ2n) is 4.50. The number of thiophene rings is 1. The first-order chi connectivity index (χ1) is 9.77. The number of alkyl halides is 3. The first-order valence-electron chi connectivity index (χ1n) is 5.93. The SMILES string of the molecule is CN(Cc1ccc(C(F)(F)F)cc1)C(=O)c1csc(Br)c1. The summed E-state index contributed by atoms with van der Waals surface area (Å²) in [6.07, 6.45) is -4.34. The molecule has 21 heavy (non-hydrogen) atoms. The van der Waals surface area contributed by atoms with Crippen LogP contribution in [0.25, 0.3) is 0 Å². The molecule has 0 saturated carbocycles. The van der Waals surface area contributed by atoms with Crippen LogP contribution < -0.4 is 0 Å². The second kappa shape index (κ2) is 6.19. The Labute approximate surface area is 132 Å². The highest BCUT2D eigenvalue weighted by molar-refractivity contribution is 9.11. The highest BCUT2D eigenvalue weighted by atomic mass is 79.9. The molecule has 1 aromatic carbocycles. The molecule has 0 atom stereocenters. The zero-order valence-corrected chi connectivity index (χ0v) is 13.3. The molecule has 0 saturated heterocycles. The van der Waals surface area contributed by atoms with Crippen LogP contribution in [0.4, 0.5) is 13.2 Å². The molecule has 1 heterocycles. The van der Waals surface area contributed by atoms with Crippen LogP contribution >= 0.6 is 27.3 Å². The minimum atomic E-state index is -4.34. The summed E-state index contributed by atoms with van der Waals surface area (Å²) in [4.78, 5) is 13.6. The van der Waals surface area contributed by atoms with E-state index < -0.39 is 11.7 Å². The van der Waals surface area contributed by atoms with Crippen molar-refractivity contribution < 1.29 is 18.0 Å². The van der Waals surface area contributed by atoms with Crippen LogP contribution in [-0.2, 0) is 12.7 Å². The Morgan fingerprint density at radius 1 is 1.29 bits per heavy atom. The number of carbonyl (C=O) groups excluding carboxylic acids is 1. The quantitative estimate of drug-likeness (QED) is 0.751. The fourth-order valence-corrected chi connectivity index (χ4v) is 2.92. The van der Waals surface area contributed by atoms with Crippen molar-refractivity contribution in [2.24, 2.45) is 0 Å². The van der Waals surface area contributed by atoms with E-state index in [2.05, 4.69) is 15.9 Å². The summed E-state index contributed by atoms with van der Waals surface area (Å²) in [5, 5.41) is 1.73. The fourth-order valence-electron chi connectivity index (χ4n) is 1.79. The van der Waals surface area contributed by atoms with Gasteiger partial charge in [-0.15, -0.1) is 11.3 Å². The fraction of sp³-hybridized carbons (Fsp3) is 0.214. The predicted molar refractivity (Wildman–Crippen MR) is 79.3 cm³/mol. The van der Waals surface area contributed by atoms with Crippen molar-refractivity contribution >= 4 is 33.2 Å². The highest BCUT2D eigenvalue weighted by Gasteiger charge is 2.30. The van der Waals surface area contributed by atoms with Crippen LogP contribution in [0, 0.1) is 0 Å². The van der Waals surface area contributed by atoms with Gasteiger partial charge in [-0.3, -0.25) is 4.79 Å². The van der Waals surface area contributed by atoms with Crippen molar-refractivity contribution in [1.82, 2.24) is 4.90 Å². The van der Waals surface area contributed by atoms with Crippen molar-refractivity contribution in [1.29, 1.82) is 0 Å². The van der Waals surface area contributed by atoms with Gasteiger partial charge in [0.25, 0.3) is 5.91 Å². The second-order valence-corrected chi connectivity index (χ2v) is 6.79. The summed E-state index contributed by atoms with van der Waals surface area (Å²) in [5.74, 6) is -0.170.